The molecule has 8 nitrogen and oxygen atoms in total. The van der Waals surface area contributed by atoms with Crippen molar-refractivity contribution in [2.45, 2.75) is 13.8 Å². The number of fused-ring (bicyclic) bond motifs is 1. The number of carbonyl (C=O) groups is 2. The minimum absolute atomic E-state index is 0.0193. The van der Waals surface area contributed by atoms with Crippen molar-refractivity contribution < 1.29 is 19.1 Å². The Kier molecular flexibility index (Phi) is 6.67. The number of esters is 1. The summed E-state index contributed by atoms with van der Waals surface area (Å²) in [4.78, 5) is 39.2. The first kappa shape index (κ1) is 23.5. The van der Waals surface area contributed by atoms with Crippen LogP contribution < -0.4 is 15.6 Å². The zero-order valence-electron chi connectivity index (χ0n) is 18.5. The summed E-state index contributed by atoms with van der Waals surface area (Å²) in [6.45, 7) is 3.75. The van der Waals surface area contributed by atoms with E-state index < -0.39 is 17.4 Å². The summed E-state index contributed by atoms with van der Waals surface area (Å²) in [5, 5.41) is 9.72. The number of nitrogens with one attached hydrogen (secondary N) is 1. The van der Waals surface area contributed by atoms with Crippen LogP contribution in [0, 0.1) is 6.92 Å². The van der Waals surface area contributed by atoms with Crippen LogP contribution in [0.25, 0.3) is 16.5 Å². The second-order valence-electron chi connectivity index (χ2n) is 7.27. The van der Waals surface area contributed by atoms with Crippen LogP contribution in [0.5, 0.6) is 5.75 Å². The summed E-state index contributed by atoms with van der Waals surface area (Å²) in [6, 6.07) is 11.8. The van der Waals surface area contributed by atoms with E-state index in [1.54, 1.807) is 36.6 Å². The monoisotopic (exact) mass is 497 g/mol. The van der Waals surface area contributed by atoms with Crippen molar-refractivity contribution in [1.29, 1.82) is 0 Å². The number of aromatic nitrogens is 2. The number of methoxy groups -OCH3 is 1. The van der Waals surface area contributed by atoms with Gasteiger partial charge in [0.25, 0.3) is 11.5 Å². The minimum Gasteiger partial charge on any atom is -0.496 e. The molecule has 0 bridgehead atoms. The van der Waals surface area contributed by atoms with Gasteiger partial charge in [-0.2, -0.15) is 9.78 Å². The number of anilines is 1. The average Bonchev–Trinajstić information content (AvgIpc) is 3.24. The highest BCUT2D eigenvalue weighted by atomic mass is 35.5. The number of thiophene rings is 1. The van der Waals surface area contributed by atoms with Crippen LogP contribution in [0.3, 0.4) is 0 Å². The van der Waals surface area contributed by atoms with E-state index in [1.165, 1.54) is 13.2 Å². The molecule has 2 heterocycles. The highest BCUT2D eigenvalue weighted by Crippen LogP contribution is 2.32. The summed E-state index contributed by atoms with van der Waals surface area (Å²) in [5.41, 5.74) is 1.18. The van der Waals surface area contributed by atoms with Gasteiger partial charge in [0.1, 0.15) is 10.8 Å². The Labute approximate surface area is 203 Å². The number of halogens is 1. The van der Waals surface area contributed by atoms with Crippen LogP contribution in [0.15, 0.2) is 52.6 Å². The minimum atomic E-state index is -0.666. The first-order valence-corrected chi connectivity index (χ1v) is 11.5. The topological polar surface area (TPSA) is 99.5 Å². The molecule has 1 N–H and O–H groups in total. The van der Waals surface area contributed by atoms with Crippen LogP contribution in [-0.4, -0.2) is 35.4 Å². The number of hydrogen-bond acceptors (Lipinski definition) is 7. The molecule has 34 heavy (non-hydrogen) atoms. The van der Waals surface area contributed by atoms with E-state index in [0.29, 0.717) is 21.8 Å². The summed E-state index contributed by atoms with van der Waals surface area (Å²) >= 11 is 7.17. The van der Waals surface area contributed by atoms with Crippen molar-refractivity contribution in [1.82, 2.24) is 9.78 Å². The lowest BCUT2D eigenvalue weighted by molar-refractivity contribution is 0.0520. The number of hydrogen-bond donors (Lipinski definition) is 1. The predicted molar refractivity (Wildman–Crippen MR) is 132 cm³/mol. The molecule has 0 atom stereocenters. The molecule has 0 saturated carbocycles. The quantitative estimate of drug-likeness (QED) is 0.382. The Morgan fingerprint density at radius 2 is 1.91 bits per heavy atom. The van der Waals surface area contributed by atoms with Crippen LogP contribution in [0.4, 0.5) is 5.00 Å². The normalized spacial score (nSPS) is 10.8. The molecule has 0 spiro atoms. The van der Waals surface area contributed by atoms with Gasteiger partial charge in [-0.15, -0.1) is 11.3 Å². The predicted octanol–water partition coefficient (Wildman–Crippen LogP) is 4.85. The van der Waals surface area contributed by atoms with E-state index in [1.807, 2.05) is 19.1 Å². The zero-order chi connectivity index (χ0) is 24.4. The lowest BCUT2D eigenvalue weighted by Gasteiger charge is -2.11. The molecule has 10 heteroatoms. The molecule has 0 fully saturated rings. The SMILES string of the molecule is CCOC(=O)c1nn(-c2ccc(C)cc2)c(=O)c2c(NC(=O)c3cc(Cl)ccc3OC)scc12. The third-order valence-electron chi connectivity index (χ3n) is 5.03. The van der Waals surface area contributed by atoms with Crippen LogP contribution in [-0.2, 0) is 4.74 Å². The van der Waals surface area contributed by atoms with Crippen molar-refractivity contribution in [3.05, 3.63) is 80.0 Å². The van der Waals surface area contributed by atoms with Crippen molar-refractivity contribution >= 4 is 50.6 Å². The Morgan fingerprint density at radius 3 is 2.59 bits per heavy atom. The Hall–Kier alpha value is -3.69. The summed E-state index contributed by atoms with van der Waals surface area (Å²) in [7, 11) is 1.44. The fourth-order valence-corrected chi connectivity index (χ4v) is 4.49. The van der Waals surface area contributed by atoms with Crippen molar-refractivity contribution in [3.8, 4) is 11.4 Å². The van der Waals surface area contributed by atoms with Gasteiger partial charge in [0, 0.05) is 15.8 Å². The average molecular weight is 498 g/mol. The van der Waals surface area contributed by atoms with Gasteiger partial charge in [-0.05, 0) is 44.2 Å². The molecule has 1 amide bonds. The Balaban J connectivity index is 1.88. The number of benzene rings is 2. The standard InChI is InChI=1S/C24H20ClN3O5S/c1-4-33-24(31)20-17-12-34-22(26-21(29)16-11-14(25)7-10-18(16)32-3)19(17)23(30)28(27-20)15-8-5-13(2)6-9-15/h5-12H,4H2,1-3H3,(H,26,29). The van der Waals surface area contributed by atoms with Gasteiger partial charge in [0.15, 0.2) is 5.69 Å². The molecule has 2 aromatic carbocycles. The summed E-state index contributed by atoms with van der Waals surface area (Å²) < 4.78 is 11.6. The van der Waals surface area contributed by atoms with E-state index >= 15 is 0 Å². The van der Waals surface area contributed by atoms with Gasteiger partial charge in [0.2, 0.25) is 0 Å². The molecule has 0 unspecified atom stereocenters. The Bertz CT molecular complexity index is 1460. The lowest BCUT2D eigenvalue weighted by Crippen LogP contribution is -2.25. The highest BCUT2D eigenvalue weighted by Gasteiger charge is 2.24. The molecule has 4 aromatic rings. The largest absolute Gasteiger partial charge is 0.496 e. The summed E-state index contributed by atoms with van der Waals surface area (Å²) in [5.74, 6) is -0.854. The molecule has 4 rings (SSSR count). The van der Waals surface area contributed by atoms with E-state index in [4.69, 9.17) is 21.1 Å². The fourth-order valence-electron chi connectivity index (χ4n) is 3.38. The number of amides is 1. The summed E-state index contributed by atoms with van der Waals surface area (Å²) in [6.07, 6.45) is 0. The third kappa shape index (κ3) is 4.40. The second kappa shape index (κ2) is 9.66. The first-order chi connectivity index (χ1) is 16.3. The highest BCUT2D eigenvalue weighted by molar-refractivity contribution is 7.16. The van der Waals surface area contributed by atoms with Gasteiger partial charge in [-0.3, -0.25) is 9.59 Å². The van der Waals surface area contributed by atoms with Crippen molar-refractivity contribution in [3.63, 3.8) is 0 Å². The second-order valence-corrected chi connectivity index (χ2v) is 8.59. The molecule has 2 aromatic heterocycles. The number of nitrogens with zero attached hydrogens (tertiary/aromatic N) is 2. The zero-order valence-corrected chi connectivity index (χ0v) is 20.1. The molecule has 0 aliphatic carbocycles. The number of rotatable bonds is 6. The molecule has 0 aliphatic heterocycles. The maximum absolute atomic E-state index is 13.5. The van der Waals surface area contributed by atoms with Crippen LogP contribution >= 0.6 is 22.9 Å². The van der Waals surface area contributed by atoms with Gasteiger partial charge in [0.05, 0.1) is 30.4 Å². The van der Waals surface area contributed by atoms with E-state index in [0.717, 1.165) is 21.6 Å². The van der Waals surface area contributed by atoms with Gasteiger partial charge >= 0.3 is 5.97 Å². The maximum atomic E-state index is 13.5. The van der Waals surface area contributed by atoms with Crippen molar-refractivity contribution in [2.75, 3.05) is 19.0 Å². The molecule has 0 radical (unpaired) electrons. The smallest absolute Gasteiger partial charge is 0.359 e. The van der Waals surface area contributed by atoms with E-state index in [9.17, 15) is 14.4 Å². The number of ether oxygens (including phenoxy) is 2. The third-order valence-corrected chi connectivity index (χ3v) is 6.16. The van der Waals surface area contributed by atoms with Gasteiger partial charge < -0.3 is 14.8 Å². The maximum Gasteiger partial charge on any atom is 0.359 e. The molecule has 0 aliphatic rings. The fraction of sp³-hybridized carbons (Fsp3) is 0.167. The van der Waals surface area contributed by atoms with Crippen molar-refractivity contribution in [2.24, 2.45) is 0 Å². The number of carbonyl (C=O) groups excluding carboxylic acids is 2. The van der Waals surface area contributed by atoms with Gasteiger partial charge in [-0.1, -0.05) is 29.3 Å². The molecular weight excluding hydrogens is 478 g/mol. The number of aryl methyl sites for hydroxylation is 1. The molecule has 0 saturated heterocycles. The first-order valence-electron chi connectivity index (χ1n) is 10.3. The van der Waals surface area contributed by atoms with Gasteiger partial charge in [-0.25, -0.2) is 4.79 Å². The van der Waals surface area contributed by atoms with E-state index in [2.05, 4.69) is 10.4 Å². The molecule has 174 valence electrons. The van der Waals surface area contributed by atoms with Crippen LogP contribution in [0.2, 0.25) is 5.02 Å². The molecular formula is C24H20ClN3O5S. The Morgan fingerprint density at radius 1 is 1.18 bits per heavy atom. The lowest BCUT2D eigenvalue weighted by atomic mass is 10.1. The van der Waals surface area contributed by atoms with Crippen LogP contribution in [0.1, 0.15) is 33.3 Å². The van der Waals surface area contributed by atoms with E-state index in [-0.39, 0.29) is 28.3 Å².